The van der Waals surface area contributed by atoms with Crippen LogP contribution in [0.4, 0.5) is 0 Å². The number of amides is 4. The van der Waals surface area contributed by atoms with Crippen molar-refractivity contribution >= 4 is 47.3 Å². The minimum atomic E-state index is -1.46. The number of hydrogen-bond acceptors (Lipinski definition) is 9. The average Bonchev–Trinajstić information content (AvgIpc) is 2.92. The highest BCUT2D eigenvalue weighted by atomic mass is 32.2. The van der Waals surface area contributed by atoms with Gasteiger partial charge in [-0.2, -0.15) is 11.8 Å². The van der Waals surface area contributed by atoms with Crippen LogP contribution in [-0.2, 0) is 33.5 Å². The minimum absolute atomic E-state index is 0.0531. The first-order valence-corrected chi connectivity index (χ1v) is 16.3. The maximum atomic E-state index is 13.5. The fourth-order valence-electron chi connectivity index (χ4n) is 3.92. The lowest BCUT2D eigenvalue weighted by atomic mass is 9.96. The van der Waals surface area contributed by atoms with Gasteiger partial charge >= 0.3 is 11.9 Å². The Labute approximate surface area is 264 Å². The van der Waals surface area contributed by atoms with Crippen molar-refractivity contribution in [1.29, 1.82) is 0 Å². The van der Waals surface area contributed by atoms with Crippen molar-refractivity contribution < 1.29 is 43.7 Å². The van der Waals surface area contributed by atoms with Crippen LogP contribution in [0.15, 0.2) is 0 Å². The maximum Gasteiger partial charge on any atom is 0.326 e. The Bertz CT molecular complexity index is 973. The van der Waals surface area contributed by atoms with Crippen LogP contribution in [0.2, 0.25) is 0 Å². The number of carbonyl (C=O) groups excluding carboxylic acids is 4. The smallest absolute Gasteiger partial charge is 0.326 e. The average molecular weight is 648 g/mol. The molecule has 0 aliphatic heterocycles. The summed E-state index contributed by atoms with van der Waals surface area (Å²) in [6.07, 6.45) is 1.97. The molecule has 0 saturated heterocycles. The van der Waals surface area contributed by atoms with Gasteiger partial charge in [-0.25, -0.2) is 4.79 Å². The molecule has 0 radical (unpaired) electrons. The van der Waals surface area contributed by atoms with Crippen LogP contribution in [0.1, 0.15) is 80.6 Å². The van der Waals surface area contributed by atoms with Crippen molar-refractivity contribution in [3.63, 3.8) is 0 Å². The standard InChI is InChI=1S/C29H53N5O9S/c1-9-17(4)23(34-25(38)19(12-13-44-8)31-24(37)18(30)15-43-29(5,6)7)27(40)33-21(14-16(2)3)26(39)32-20(28(41)42)10-11-22(35)36/h16-21,23H,9-15,30H2,1-8H3,(H,31,37)(H,32,39)(H,33,40)(H,34,38)(H,35,36)(H,41,42)/t17-,18-,19-,20-,21-,23-/m0/s1. The number of hydrogen-bond donors (Lipinski definition) is 7. The van der Waals surface area contributed by atoms with E-state index >= 15 is 0 Å². The summed E-state index contributed by atoms with van der Waals surface area (Å²) in [5.41, 5.74) is 5.48. The lowest BCUT2D eigenvalue weighted by Crippen LogP contribution is -2.60. The van der Waals surface area contributed by atoms with Crippen molar-refractivity contribution in [2.24, 2.45) is 17.6 Å². The molecule has 0 aliphatic carbocycles. The van der Waals surface area contributed by atoms with E-state index in [0.717, 1.165) is 0 Å². The molecule has 14 nitrogen and oxygen atoms in total. The molecule has 6 atom stereocenters. The number of carbonyl (C=O) groups is 6. The van der Waals surface area contributed by atoms with E-state index in [1.54, 1.807) is 6.92 Å². The number of ether oxygens (including phenoxy) is 1. The second-order valence-electron chi connectivity index (χ2n) is 12.3. The van der Waals surface area contributed by atoms with E-state index in [-0.39, 0.29) is 37.7 Å². The molecule has 0 heterocycles. The zero-order valence-corrected chi connectivity index (χ0v) is 28.0. The molecule has 0 saturated carbocycles. The number of thioether (sulfide) groups is 1. The number of carboxylic acid groups (broad SMARTS) is 2. The normalized spacial score (nSPS) is 15.7. The molecular weight excluding hydrogens is 594 g/mol. The number of nitrogens with one attached hydrogen (secondary N) is 4. The van der Waals surface area contributed by atoms with Crippen molar-refractivity contribution in [3.8, 4) is 0 Å². The van der Waals surface area contributed by atoms with Gasteiger partial charge < -0.3 is 42.0 Å². The first-order valence-electron chi connectivity index (χ1n) is 14.9. The molecule has 0 rings (SSSR count). The van der Waals surface area contributed by atoms with Gasteiger partial charge in [0.05, 0.1) is 12.2 Å². The fraction of sp³-hybridized carbons (Fsp3) is 0.793. The summed E-state index contributed by atoms with van der Waals surface area (Å²) in [5, 5.41) is 28.7. The van der Waals surface area contributed by atoms with E-state index in [2.05, 4.69) is 21.3 Å². The Morgan fingerprint density at radius 1 is 0.818 bits per heavy atom. The molecule has 0 fully saturated rings. The highest BCUT2D eigenvalue weighted by Gasteiger charge is 2.34. The third-order valence-electron chi connectivity index (χ3n) is 6.67. The van der Waals surface area contributed by atoms with E-state index in [1.807, 2.05) is 47.8 Å². The molecular formula is C29H53N5O9S. The molecule has 0 unspecified atom stereocenters. The summed E-state index contributed by atoms with van der Waals surface area (Å²) in [6.45, 7) is 12.6. The van der Waals surface area contributed by atoms with Gasteiger partial charge in [0.2, 0.25) is 23.6 Å². The molecule has 0 spiro atoms. The van der Waals surface area contributed by atoms with E-state index in [0.29, 0.717) is 12.2 Å². The van der Waals surface area contributed by atoms with E-state index in [4.69, 9.17) is 15.6 Å². The molecule has 0 bridgehead atoms. The zero-order chi connectivity index (χ0) is 34.2. The lowest BCUT2D eigenvalue weighted by Gasteiger charge is -2.29. The van der Waals surface area contributed by atoms with Crippen LogP contribution < -0.4 is 27.0 Å². The van der Waals surface area contributed by atoms with E-state index in [9.17, 15) is 33.9 Å². The molecule has 254 valence electrons. The van der Waals surface area contributed by atoms with Gasteiger partial charge in [-0.15, -0.1) is 0 Å². The van der Waals surface area contributed by atoms with Gasteiger partial charge in [0.25, 0.3) is 0 Å². The fourth-order valence-corrected chi connectivity index (χ4v) is 4.39. The van der Waals surface area contributed by atoms with Gasteiger partial charge in [-0.05, 0) is 63.9 Å². The number of aliphatic carboxylic acids is 2. The Morgan fingerprint density at radius 3 is 1.84 bits per heavy atom. The summed E-state index contributed by atoms with van der Waals surface area (Å²) in [5.74, 6) is -5.14. The van der Waals surface area contributed by atoms with Crippen LogP contribution in [0.25, 0.3) is 0 Å². The molecule has 0 aromatic rings. The predicted molar refractivity (Wildman–Crippen MR) is 168 cm³/mol. The minimum Gasteiger partial charge on any atom is -0.481 e. The summed E-state index contributed by atoms with van der Waals surface area (Å²) < 4.78 is 5.59. The summed E-state index contributed by atoms with van der Waals surface area (Å²) in [4.78, 5) is 75.4. The molecule has 4 amide bonds. The predicted octanol–water partition coefficient (Wildman–Crippen LogP) is 0.863. The number of rotatable bonds is 21. The number of carboxylic acids is 2. The summed E-state index contributed by atoms with van der Waals surface area (Å²) >= 11 is 1.48. The van der Waals surface area contributed by atoms with Crippen molar-refractivity contribution in [1.82, 2.24) is 21.3 Å². The van der Waals surface area contributed by atoms with Crippen molar-refractivity contribution in [3.05, 3.63) is 0 Å². The highest BCUT2D eigenvalue weighted by Crippen LogP contribution is 2.13. The second kappa shape index (κ2) is 20.2. The zero-order valence-electron chi connectivity index (χ0n) is 27.2. The van der Waals surface area contributed by atoms with Crippen LogP contribution in [0.5, 0.6) is 0 Å². The van der Waals surface area contributed by atoms with Gasteiger partial charge in [0.1, 0.15) is 30.2 Å². The van der Waals surface area contributed by atoms with E-state index < -0.39 is 77.8 Å². The molecule has 8 N–H and O–H groups in total. The lowest BCUT2D eigenvalue weighted by molar-refractivity contribution is -0.143. The van der Waals surface area contributed by atoms with Crippen LogP contribution in [0.3, 0.4) is 0 Å². The third kappa shape index (κ3) is 16.8. The molecule has 0 aromatic heterocycles. The Balaban J connectivity index is 5.86. The quantitative estimate of drug-likeness (QED) is 0.0925. The third-order valence-corrected chi connectivity index (χ3v) is 7.32. The first kappa shape index (κ1) is 41.1. The largest absolute Gasteiger partial charge is 0.481 e. The topological polar surface area (TPSA) is 226 Å². The molecule has 0 aromatic carbocycles. The molecule has 0 aliphatic rings. The Hall–Kier alpha value is -2.91. The summed E-state index contributed by atoms with van der Waals surface area (Å²) in [6, 6.07) is -5.70. The molecule has 44 heavy (non-hydrogen) atoms. The highest BCUT2D eigenvalue weighted by molar-refractivity contribution is 7.98. The Kier molecular flexibility index (Phi) is 18.8. The summed E-state index contributed by atoms with van der Waals surface area (Å²) in [7, 11) is 0. The van der Waals surface area contributed by atoms with Gasteiger partial charge in [-0.3, -0.25) is 24.0 Å². The van der Waals surface area contributed by atoms with Crippen LogP contribution in [0, 0.1) is 11.8 Å². The SMILES string of the molecule is CC[C@H](C)[C@H](NC(=O)[C@H](CCSC)NC(=O)[C@@H](N)COC(C)(C)C)C(=O)N[C@@H](CC(C)C)C(=O)N[C@@H](CCC(=O)O)C(=O)O. The van der Waals surface area contributed by atoms with Crippen molar-refractivity contribution in [2.75, 3.05) is 18.6 Å². The second-order valence-corrected chi connectivity index (χ2v) is 13.3. The van der Waals surface area contributed by atoms with Gasteiger partial charge in [0, 0.05) is 6.42 Å². The van der Waals surface area contributed by atoms with E-state index in [1.165, 1.54) is 11.8 Å². The van der Waals surface area contributed by atoms with Crippen LogP contribution in [-0.4, -0.2) is 100 Å². The van der Waals surface area contributed by atoms with Gasteiger partial charge in [-0.1, -0.05) is 34.1 Å². The van der Waals surface area contributed by atoms with Crippen molar-refractivity contribution in [2.45, 2.75) is 116 Å². The Morgan fingerprint density at radius 2 is 1.36 bits per heavy atom. The maximum absolute atomic E-state index is 13.5. The van der Waals surface area contributed by atoms with Gasteiger partial charge in [0.15, 0.2) is 0 Å². The van der Waals surface area contributed by atoms with Crippen LogP contribution >= 0.6 is 11.8 Å². The first-order chi connectivity index (χ1) is 20.3. The number of nitrogens with two attached hydrogens (primary N) is 1. The monoisotopic (exact) mass is 647 g/mol. The molecule has 15 heteroatoms.